The van der Waals surface area contributed by atoms with Crippen LogP contribution in [0.2, 0.25) is 0 Å². The van der Waals surface area contributed by atoms with Gasteiger partial charge in [-0.1, -0.05) is 17.7 Å². The minimum Gasteiger partial charge on any atom is -0.459 e. The lowest BCUT2D eigenvalue weighted by atomic mass is 10.2. The number of carbonyl (C=O) groups excluding carboxylic acids is 1. The normalized spacial score (nSPS) is 27.8. The van der Waals surface area contributed by atoms with Crippen LogP contribution in [0.15, 0.2) is 29.2 Å². The van der Waals surface area contributed by atoms with Gasteiger partial charge in [0.25, 0.3) is 0 Å². The van der Waals surface area contributed by atoms with E-state index in [1.165, 1.54) is 0 Å². The molecule has 0 N–H and O–H groups in total. The van der Waals surface area contributed by atoms with Crippen LogP contribution in [0.4, 0.5) is 0 Å². The van der Waals surface area contributed by atoms with E-state index in [2.05, 4.69) is 0 Å². The predicted molar refractivity (Wildman–Crippen MR) is 96.2 cm³/mol. The summed E-state index contributed by atoms with van der Waals surface area (Å²) in [4.78, 5) is 13.3. The number of esters is 1. The molecule has 8 heteroatoms. The van der Waals surface area contributed by atoms with Crippen LogP contribution in [0.3, 0.4) is 0 Å². The maximum absolute atomic E-state index is 13.3. The van der Waals surface area contributed by atoms with Gasteiger partial charge in [-0.3, -0.25) is 13.6 Å². The van der Waals surface area contributed by atoms with Crippen LogP contribution in [0, 0.1) is 6.92 Å². The summed E-state index contributed by atoms with van der Waals surface area (Å²) >= 11 is 0. The summed E-state index contributed by atoms with van der Waals surface area (Å²) in [6, 6.07) is 6.63. The Morgan fingerprint density at radius 3 is 2.24 bits per heavy atom. The van der Waals surface area contributed by atoms with Gasteiger partial charge in [-0.25, -0.2) is 0 Å². The highest BCUT2D eigenvalue weighted by molar-refractivity contribution is 7.87. The molecule has 0 aliphatic heterocycles. The van der Waals surface area contributed by atoms with Gasteiger partial charge in [0.05, 0.1) is 16.0 Å². The first-order valence-electron chi connectivity index (χ1n) is 8.71. The summed E-state index contributed by atoms with van der Waals surface area (Å²) in [5.74, 6) is -1.09. The second-order valence-electron chi connectivity index (χ2n) is 6.77. The molecule has 1 fully saturated rings. The largest absolute Gasteiger partial charge is 0.459 e. The first kappa shape index (κ1) is 17.4. The standard InChI is InChI=1S/C17H25O6PS/c1-12-7-9-13(10-8-12)25(20)14-11-17(14,24(19,21-5)22-6)15(18)23-16(2,3)4/h7-10,14H,11H2,1-6H3/t14-,17-,25?/m1/s1/i11D2. The first-order valence-corrected chi connectivity index (χ1v) is 10.5. The van der Waals surface area contributed by atoms with Crippen molar-refractivity contribution in [3.8, 4) is 0 Å². The zero-order valence-electron chi connectivity index (χ0n) is 17.2. The van der Waals surface area contributed by atoms with Crippen molar-refractivity contribution >= 4 is 24.4 Å². The molecule has 140 valence electrons. The number of aryl methyl sites for hydroxylation is 1. The third-order valence-electron chi connectivity index (χ3n) is 3.74. The number of hydrogen-bond donors (Lipinski definition) is 0. The van der Waals surface area contributed by atoms with Crippen molar-refractivity contribution in [2.75, 3.05) is 14.2 Å². The van der Waals surface area contributed by atoms with Crippen LogP contribution in [-0.2, 0) is 33.9 Å². The van der Waals surface area contributed by atoms with Gasteiger partial charge in [0.2, 0.25) is 0 Å². The molecule has 0 spiro atoms. The van der Waals surface area contributed by atoms with E-state index in [0.29, 0.717) is 4.90 Å². The summed E-state index contributed by atoms with van der Waals surface area (Å²) in [5.41, 5.74) is -0.0299. The highest BCUT2D eigenvalue weighted by atomic mass is 32.2. The molecule has 0 saturated heterocycles. The number of benzene rings is 1. The highest BCUT2D eigenvalue weighted by Gasteiger charge is 2.76. The fourth-order valence-electron chi connectivity index (χ4n) is 2.39. The maximum atomic E-state index is 13.3. The van der Waals surface area contributed by atoms with E-state index in [4.69, 9.17) is 16.5 Å². The molecule has 25 heavy (non-hydrogen) atoms. The third-order valence-corrected chi connectivity index (χ3v) is 7.94. The fourth-order valence-corrected chi connectivity index (χ4v) is 6.10. The van der Waals surface area contributed by atoms with Gasteiger partial charge in [0.15, 0.2) is 5.16 Å². The lowest BCUT2D eigenvalue weighted by Gasteiger charge is -2.28. The Morgan fingerprint density at radius 1 is 1.28 bits per heavy atom. The van der Waals surface area contributed by atoms with Crippen LogP contribution in [0.25, 0.3) is 0 Å². The van der Waals surface area contributed by atoms with Crippen LogP contribution < -0.4 is 0 Å². The van der Waals surface area contributed by atoms with E-state index in [0.717, 1.165) is 19.8 Å². The van der Waals surface area contributed by atoms with Crippen LogP contribution in [0.1, 0.15) is 35.4 Å². The van der Waals surface area contributed by atoms with Gasteiger partial charge in [0, 0.05) is 21.9 Å². The molecule has 1 aromatic rings. The van der Waals surface area contributed by atoms with Gasteiger partial charge in [0.1, 0.15) is 5.60 Å². The van der Waals surface area contributed by atoms with E-state index in [9.17, 15) is 13.6 Å². The Bertz CT molecular complexity index is 797. The molecule has 0 bridgehead atoms. The molecular weight excluding hydrogens is 363 g/mol. The highest BCUT2D eigenvalue weighted by Crippen LogP contribution is 2.72. The lowest BCUT2D eigenvalue weighted by Crippen LogP contribution is -2.37. The monoisotopic (exact) mass is 390 g/mol. The second-order valence-corrected chi connectivity index (χ2v) is 10.7. The van der Waals surface area contributed by atoms with Crippen molar-refractivity contribution in [1.82, 2.24) is 0 Å². The Balaban J connectivity index is 2.59. The summed E-state index contributed by atoms with van der Waals surface area (Å²) in [6.45, 7) is 6.67. The van der Waals surface area contributed by atoms with Crippen LogP contribution in [0.5, 0.6) is 0 Å². The molecule has 0 amide bonds. The first-order chi connectivity index (χ1) is 12.3. The zero-order valence-corrected chi connectivity index (χ0v) is 16.9. The maximum Gasteiger partial charge on any atom is 0.348 e. The average Bonchev–Trinajstić information content (AvgIpc) is 3.11. The van der Waals surface area contributed by atoms with Gasteiger partial charge in [-0.2, -0.15) is 0 Å². The molecule has 2 rings (SSSR count). The predicted octanol–water partition coefficient (Wildman–Crippen LogP) is 3.44. The Morgan fingerprint density at radius 2 is 1.80 bits per heavy atom. The molecule has 0 aromatic heterocycles. The van der Waals surface area contributed by atoms with E-state index in [1.54, 1.807) is 45.0 Å². The van der Waals surface area contributed by atoms with Crippen molar-refractivity contribution in [3.63, 3.8) is 0 Å². The molecule has 1 aliphatic carbocycles. The molecule has 1 aliphatic rings. The summed E-state index contributed by atoms with van der Waals surface area (Å²) < 4.78 is 58.4. The smallest absolute Gasteiger partial charge is 0.348 e. The third kappa shape index (κ3) is 3.75. The molecule has 1 saturated carbocycles. The minimum atomic E-state index is -4.32. The van der Waals surface area contributed by atoms with E-state index in [-0.39, 0.29) is 0 Å². The van der Waals surface area contributed by atoms with Crippen molar-refractivity contribution in [3.05, 3.63) is 29.8 Å². The van der Waals surface area contributed by atoms with Crippen LogP contribution >= 0.6 is 7.60 Å². The van der Waals surface area contributed by atoms with Gasteiger partial charge in [-0.15, -0.1) is 0 Å². The van der Waals surface area contributed by atoms with Gasteiger partial charge in [-0.05, 0) is 46.2 Å². The zero-order chi connectivity index (χ0) is 20.8. The summed E-state index contributed by atoms with van der Waals surface area (Å²) in [7, 11) is -4.16. The van der Waals surface area contributed by atoms with Crippen molar-refractivity contribution in [2.24, 2.45) is 0 Å². The lowest BCUT2D eigenvalue weighted by molar-refractivity contribution is -0.155. The van der Waals surface area contributed by atoms with Crippen molar-refractivity contribution in [2.45, 2.75) is 55.0 Å². The van der Waals surface area contributed by atoms with E-state index in [1.807, 2.05) is 6.92 Å². The SMILES string of the molecule is [2H]C1([2H])[C@@H](S(=O)c2ccc(C)cc2)[C@]1(C(=O)OC(C)(C)C)P(=O)(OC)OC. The fraction of sp³-hybridized carbons (Fsp3) is 0.588. The summed E-state index contributed by atoms with van der Waals surface area (Å²) in [5, 5.41) is -3.75. The van der Waals surface area contributed by atoms with Crippen molar-refractivity contribution < 1.29 is 30.1 Å². The minimum absolute atomic E-state index is 0.318. The molecule has 1 aromatic carbocycles. The number of ether oxygens (including phenoxy) is 1. The van der Waals surface area contributed by atoms with Gasteiger partial charge >= 0.3 is 13.6 Å². The van der Waals surface area contributed by atoms with Gasteiger partial charge < -0.3 is 13.8 Å². The van der Waals surface area contributed by atoms with Crippen molar-refractivity contribution in [1.29, 1.82) is 0 Å². The average molecular weight is 390 g/mol. The number of rotatable bonds is 6. The van der Waals surface area contributed by atoms with Crippen LogP contribution in [-0.4, -0.2) is 40.4 Å². The Kier molecular flexibility index (Phi) is 4.84. The quantitative estimate of drug-likeness (QED) is 0.547. The molecule has 3 atom stereocenters. The number of hydrogen-bond acceptors (Lipinski definition) is 6. The Hall–Kier alpha value is -1.01. The Labute approximate surface area is 154 Å². The van der Waals surface area contributed by atoms with E-state index < -0.39 is 46.7 Å². The summed E-state index contributed by atoms with van der Waals surface area (Å²) in [6.07, 6.45) is -2.41. The van der Waals surface area contributed by atoms with E-state index >= 15 is 0 Å². The molecule has 1 unspecified atom stereocenters. The topological polar surface area (TPSA) is 78.9 Å². The number of carbonyl (C=O) groups is 1. The molecule has 6 nitrogen and oxygen atoms in total. The molecule has 0 radical (unpaired) electrons. The molecular formula is C17H25O6PS. The second kappa shape index (κ2) is 6.95. The molecule has 0 heterocycles.